The van der Waals surface area contributed by atoms with Crippen molar-refractivity contribution in [1.29, 1.82) is 0 Å². The van der Waals surface area contributed by atoms with Gasteiger partial charge >= 0.3 is 0 Å². The first kappa shape index (κ1) is 15.8. The lowest BCUT2D eigenvalue weighted by Gasteiger charge is -2.20. The number of hydrogen-bond donors (Lipinski definition) is 0. The van der Waals surface area contributed by atoms with E-state index in [9.17, 15) is 0 Å². The Kier molecular flexibility index (Phi) is 4.83. The zero-order valence-corrected chi connectivity index (χ0v) is 14.1. The van der Waals surface area contributed by atoms with Crippen LogP contribution in [0.5, 0.6) is 0 Å². The van der Waals surface area contributed by atoms with E-state index >= 15 is 0 Å². The molecule has 3 rings (SSSR count). The summed E-state index contributed by atoms with van der Waals surface area (Å²) in [7, 11) is 0. The maximum absolute atomic E-state index is 6.00. The van der Waals surface area contributed by atoms with E-state index in [0.29, 0.717) is 6.54 Å². The molecular formula is C21H25NO. The quantitative estimate of drug-likeness (QED) is 0.688. The maximum Gasteiger partial charge on any atom is 0.210 e. The summed E-state index contributed by atoms with van der Waals surface area (Å²) in [5, 5.41) is 0. The summed E-state index contributed by atoms with van der Waals surface area (Å²) in [5.74, 6) is 0.723. The monoisotopic (exact) mass is 307 g/mol. The highest BCUT2D eigenvalue weighted by atomic mass is 16.5. The van der Waals surface area contributed by atoms with Gasteiger partial charge in [0.25, 0.3) is 0 Å². The molecule has 0 atom stereocenters. The summed E-state index contributed by atoms with van der Waals surface area (Å²) in [6.45, 7) is 4.84. The van der Waals surface area contributed by atoms with Crippen molar-refractivity contribution in [3.63, 3.8) is 0 Å². The first-order chi connectivity index (χ1) is 11.1. The molecule has 0 spiro atoms. The number of rotatable bonds is 3. The van der Waals surface area contributed by atoms with Crippen molar-refractivity contribution in [3.05, 3.63) is 64.9 Å². The molecule has 23 heavy (non-hydrogen) atoms. The van der Waals surface area contributed by atoms with E-state index in [1.165, 1.54) is 43.2 Å². The van der Waals surface area contributed by atoms with Crippen LogP contribution in [-0.4, -0.2) is 11.5 Å². The summed E-state index contributed by atoms with van der Waals surface area (Å²) in [6.07, 6.45) is 10.5. The van der Waals surface area contributed by atoms with Crippen LogP contribution in [0.4, 0.5) is 0 Å². The van der Waals surface area contributed by atoms with Crippen molar-refractivity contribution >= 4 is 5.90 Å². The lowest BCUT2D eigenvalue weighted by atomic mass is 9.94. The molecule has 1 fully saturated rings. The fourth-order valence-electron chi connectivity index (χ4n) is 3.01. The molecule has 1 aliphatic carbocycles. The molecule has 0 amide bonds. The summed E-state index contributed by atoms with van der Waals surface area (Å²) in [6, 6.07) is 10.3. The summed E-state index contributed by atoms with van der Waals surface area (Å²) < 4.78 is 6.00. The minimum Gasteiger partial charge on any atom is -0.467 e. The van der Waals surface area contributed by atoms with Gasteiger partial charge in [-0.15, -0.1) is 5.73 Å². The molecule has 1 aromatic rings. The average molecular weight is 307 g/mol. The Morgan fingerprint density at radius 1 is 1.13 bits per heavy atom. The molecule has 2 heteroatoms. The molecule has 120 valence electrons. The second kappa shape index (κ2) is 7.02. The van der Waals surface area contributed by atoms with E-state index in [4.69, 9.17) is 4.74 Å². The standard InChI is InChI=1S/C21H25NO/c1-21(2)19(14-13-17-9-5-3-6-10-17)15-20(23-21)22-16-18-11-7-4-8-12-18/h4,7-8,11-12,14-15H,3,5-6,9-10,16H2,1-2H3. The Morgan fingerprint density at radius 2 is 1.87 bits per heavy atom. The van der Waals surface area contributed by atoms with Gasteiger partial charge in [-0.25, -0.2) is 4.99 Å². The van der Waals surface area contributed by atoms with Gasteiger partial charge in [0.15, 0.2) is 0 Å². The van der Waals surface area contributed by atoms with Gasteiger partial charge in [-0.05, 0) is 56.7 Å². The molecule has 0 saturated heterocycles. The largest absolute Gasteiger partial charge is 0.467 e. The number of hydrogen-bond acceptors (Lipinski definition) is 2. The van der Waals surface area contributed by atoms with Gasteiger partial charge < -0.3 is 4.74 Å². The van der Waals surface area contributed by atoms with Crippen LogP contribution in [0.3, 0.4) is 0 Å². The smallest absolute Gasteiger partial charge is 0.210 e. The van der Waals surface area contributed by atoms with E-state index in [1.54, 1.807) is 0 Å². The fourth-order valence-corrected chi connectivity index (χ4v) is 3.01. The Hall–Kier alpha value is -2.05. The fraction of sp³-hybridized carbons (Fsp3) is 0.429. The molecule has 0 radical (unpaired) electrons. The van der Waals surface area contributed by atoms with Gasteiger partial charge in [-0.1, -0.05) is 36.8 Å². The van der Waals surface area contributed by atoms with Crippen molar-refractivity contribution in [2.45, 2.75) is 58.1 Å². The predicted molar refractivity (Wildman–Crippen MR) is 95.5 cm³/mol. The number of ether oxygens (including phenoxy) is 1. The molecule has 2 nitrogen and oxygen atoms in total. The van der Waals surface area contributed by atoms with Crippen molar-refractivity contribution in [1.82, 2.24) is 0 Å². The third-order valence-electron chi connectivity index (χ3n) is 4.48. The van der Waals surface area contributed by atoms with E-state index in [2.05, 4.69) is 48.9 Å². The summed E-state index contributed by atoms with van der Waals surface area (Å²) >= 11 is 0. The van der Waals surface area contributed by atoms with E-state index in [-0.39, 0.29) is 5.60 Å². The zero-order chi connectivity index (χ0) is 16.1. The first-order valence-electron chi connectivity index (χ1n) is 8.57. The van der Waals surface area contributed by atoms with Crippen LogP contribution in [0.1, 0.15) is 51.5 Å². The highest BCUT2D eigenvalue weighted by Gasteiger charge is 2.31. The highest BCUT2D eigenvalue weighted by molar-refractivity contribution is 5.92. The van der Waals surface area contributed by atoms with Crippen LogP contribution in [0.25, 0.3) is 0 Å². The van der Waals surface area contributed by atoms with E-state index < -0.39 is 0 Å². The van der Waals surface area contributed by atoms with Crippen LogP contribution in [0.15, 0.2) is 64.4 Å². The number of benzene rings is 1. The van der Waals surface area contributed by atoms with Crippen LogP contribution >= 0.6 is 0 Å². The minimum absolute atomic E-state index is 0.322. The Labute approximate surface area is 139 Å². The normalized spacial score (nSPS) is 21.6. The highest BCUT2D eigenvalue weighted by Crippen LogP contribution is 2.29. The second-order valence-electron chi connectivity index (χ2n) is 6.81. The Morgan fingerprint density at radius 3 is 2.61 bits per heavy atom. The zero-order valence-electron chi connectivity index (χ0n) is 14.1. The molecule has 1 saturated carbocycles. The maximum atomic E-state index is 6.00. The molecule has 2 aliphatic rings. The minimum atomic E-state index is -0.322. The molecular weight excluding hydrogens is 282 g/mol. The third kappa shape index (κ3) is 4.24. The lowest BCUT2D eigenvalue weighted by Crippen LogP contribution is -2.22. The van der Waals surface area contributed by atoms with Crippen molar-refractivity contribution in [2.75, 3.05) is 0 Å². The summed E-state index contributed by atoms with van der Waals surface area (Å²) in [4.78, 5) is 4.60. The predicted octanol–water partition coefficient (Wildman–Crippen LogP) is 5.37. The number of nitrogens with zero attached hydrogens (tertiary/aromatic N) is 1. The Balaban J connectivity index is 1.75. The van der Waals surface area contributed by atoms with Gasteiger partial charge in [0.2, 0.25) is 5.90 Å². The first-order valence-corrected chi connectivity index (χ1v) is 8.57. The molecule has 0 N–H and O–H groups in total. The van der Waals surface area contributed by atoms with Crippen LogP contribution in [0, 0.1) is 0 Å². The van der Waals surface area contributed by atoms with Gasteiger partial charge in [0.1, 0.15) is 5.60 Å². The number of aliphatic imine (C=N–C) groups is 1. The SMILES string of the molecule is CC1(C)OC(=NCc2ccccc2)C=C1C=C=C1CCCCC1. The van der Waals surface area contributed by atoms with Crippen LogP contribution in [-0.2, 0) is 11.3 Å². The lowest BCUT2D eigenvalue weighted by molar-refractivity contribution is 0.153. The second-order valence-corrected chi connectivity index (χ2v) is 6.81. The average Bonchev–Trinajstić information content (AvgIpc) is 2.87. The topological polar surface area (TPSA) is 21.6 Å². The van der Waals surface area contributed by atoms with E-state index in [1.807, 2.05) is 18.2 Å². The van der Waals surface area contributed by atoms with Crippen molar-refractivity contribution in [2.24, 2.45) is 4.99 Å². The third-order valence-corrected chi connectivity index (χ3v) is 4.48. The van der Waals surface area contributed by atoms with Gasteiger partial charge in [0, 0.05) is 11.6 Å². The molecule has 0 bridgehead atoms. The molecule has 0 aromatic heterocycles. The molecule has 1 aromatic carbocycles. The molecule has 1 aliphatic heterocycles. The van der Waals surface area contributed by atoms with Crippen molar-refractivity contribution in [3.8, 4) is 0 Å². The van der Waals surface area contributed by atoms with Gasteiger partial charge in [0.05, 0.1) is 6.54 Å². The van der Waals surface area contributed by atoms with Crippen LogP contribution in [0.2, 0.25) is 0 Å². The van der Waals surface area contributed by atoms with Crippen molar-refractivity contribution < 1.29 is 4.74 Å². The molecule has 1 heterocycles. The van der Waals surface area contributed by atoms with E-state index in [0.717, 1.165) is 11.5 Å². The Bertz CT molecular complexity index is 665. The summed E-state index contributed by atoms with van der Waals surface area (Å²) in [5.41, 5.74) is 6.98. The van der Waals surface area contributed by atoms with Gasteiger partial charge in [-0.2, -0.15) is 0 Å². The van der Waals surface area contributed by atoms with Gasteiger partial charge in [-0.3, -0.25) is 0 Å². The molecule has 0 unspecified atom stereocenters. The van der Waals surface area contributed by atoms with Crippen LogP contribution < -0.4 is 0 Å².